The van der Waals surface area contributed by atoms with Crippen LogP contribution in [0, 0.1) is 5.92 Å². The van der Waals surface area contributed by atoms with Crippen LogP contribution in [0.3, 0.4) is 0 Å². The van der Waals surface area contributed by atoms with Crippen molar-refractivity contribution in [2.45, 2.75) is 39.5 Å². The molecule has 1 fully saturated rings. The van der Waals surface area contributed by atoms with Crippen LogP contribution >= 0.6 is 0 Å². The van der Waals surface area contributed by atoms with E-state index in [0.717, 1.165) is 18.4 Å². The van der Waals surface area contributed by atoms with Crippen molar-refractivity contribution < 1.29 is 9.59 Å². The molecule has 13 heavy (non-hydrogen) atoms. The molecular weight excluding hydrogens is 164 g/mol. The number of allylic oxidation sites excluding steroid dienone is 2. The van der Waals surface area contributed by atoms with Gasteiger partial charge in [-0.3, -0.25) is 9.59 Å². The van der Waals surface area contributed by atoms with Crippen molar-refractivity contribution in [1.82, 2.24) is 0 Å². The van der Waals surface area contributed by atoms with Gasteiger partial charge in [-0.05, 0) is 32.8 Å². The molecule has 0 aliphatic heterocycles. The highest BCUT2D eigenvalue weighted by Crippen LogP contribution is 2.22. The summed E-state index contributed by atoms with van der Waals surface area (Å²) in [5.74, 6) is 0.612. The fourth-order valence-electron chi connectivity index (χ4n) is 1.63. The molecule has 0 radical (unpaired) electrons. The summed E-state index contributed by atoms with van der Waals surface area (Å²) < 4.78 is 0. The minimum atomic E-state index is 0.104. The Morgan fingerprint density at radius 3 is 2.31 bits per heavy atom. The van der Waals surface area contributed by atoms with E-state index in [9.17, 15) is 9.59 Å². The molecule has 2 heteroatoms. The smallest absolute Gasteiger partial charge is 0.158 e. The van der Waals surface area contributed by atoms with Crippen molar-refractivity contribution in [3.8, 4) is 0 Å². The van der Waals surface area contributed by atoms with Crippen LogP contribution in [0.5, 0.6) is 0 Å². The number of rotatable bonds is 2. The van der Waals surface area contributed by atoms with Crippen molar-refractivity contribution in [1.29, 1.82) is 0 Å². The first-order valence-corrected chi connectivity index (χ1v) is 4.80. The lowest BCUT2D eigenvalue weighted by atomic mass is 9.85. The van der Waals surface area contributed by atoms with Gasteiger partial charge in [0, 0.05) is 18.8 Å². The summed E-state index contributed by atoms with van der Waals surface area (Å²) in [6.07, 6.45) is 4.38. The molecule has 0 heterocycles. The lowest BCUT2D eigenvalue weighted by Crippen LogP contribution is -2.20. The number of carbonyl (C=O) groups excluding carboxylic acids is 2. The van der Waals surface area contributed by atoms with Gasteiger partial charge in [0.25, 0.3) is 0 Å². The molecule has 1 aliphatic carbocycles. The number of hydrogen-bond acceptors (Lipinski definition) is 2. The lowest BCUT2D eigenvalue weighted by Gasteiger charge is -2.17. The fraction of sp³-hybridized carbons (Fsp3) is 0.636. The van der Waals surface area contributed by atoms with Crippen LogP contribution in [0.15, 0.2) is 11.6 Å². The molecule has 0 atom stereocenters. The van der Waals surface area contributed by atoms with E-state index in [1.807, 2.05) is 13.8 Å². The van der Waals surface area contributed by atoms with E-state index in [4.69, 9.17) is 0 Å². The summed E-state index contributed by atoms with van der Waals surface area (Å²) in [6.45, 7) is 3.84. The Kier molecular flexibility index (Phi) is 3.40. The van der Waals surface area contributed by atoms with Gasteiger partial charge in [0.2, 0.25) is 0 Å². The highest BCUT2D eigenvalue weighted by molar-refractivity contribution is 5.93. The molecule has 0 amide bonds. The molecule has 0 aromatic heterocycles. The second-order valence-electron chi connectivity index (χ2n) is 3.94. The summed E-state index contributed by atoms with van der Waals surface area (Å²) in [7, 11) is 0. The molecule has 2 nitrogen and oxygen atoms in total. The fourth-order valence-corrected chi connectivity index (χ4v) is 1.63. The Balaban J connectivity index is 2.49. The summed E-state index contributed by atoms with van der Waals surface area (Å²) in [5, 5.41) is 0. The van der Waals surface area contributed by atoms with E-state index in [0.29, 0.717) is 18.6 Å². The van der Waals surface area contributed by atoms with Crippen molar-refractivity contribution in [2.24, 2.45) is 5.92 Å². The normalized spacial score (nSPS) is 18.5. The minimum Gasteiger partial charge on any atom is -0.300 e. The average molecular weight is 180 g/mol. The second kappa shape index (κ2) is 4.35. The van der Waals surface area contributed by atoms with E-state index in [-0.39, 0.29) is 11.7 Å². The lowest BCUT2D eigenvalue weighted by molar-refractivity contribution is -0.124. The highest BCUT2D eigenvalue weighted by Gasteiger charge is 2.22. The van der Waals surface area contributed by atoms with E-state index in [1.165, 1.54) is 0 Å². The molecule has 0 aromatic rings. The zero-order valence-corrected chi connectivity index (χ0v) is 8.30. The third kappa shape index (κ3) is 3.13. The van der Waals surface area contributed by atoms with Gasteiger partial charge >= 0.3 is 0 Å². The van der Waals surface area contributed by atoms with Gasteiger partial charge in [-0.25, -0.2) is 0 Å². The second-order valence-corrected chi connectivity index (χ2v) is 3.94. The van der Waals surface area contributed by atoms with E-state index in [2.05, 4.69) is 0 Å². The van der Waals surface area contributed by atoms with E-state index >= 15 is 0 Å². The minimum absolute atomic E-state index is 0.104. The van der Waals surface area contributed by atoms with Crippen molar-refractivity contribution in [3.63, 3.8) is 0 Å². The Labute approximate surface area is 79.0 Å². The van der Waals surface area contributed by atoms with Gasteiger partial charge in [0.1, 0.15) is 5.78 Å². The topological polar surface area (TPSA) is 34.1 Å². The molecule has 0 saturated heterocycles. The van der Waals surface area contributed by atoms with E-state index < -0.39 is 0 Å². The molecule has 0 spiro atoms. The van der Waals surface area contributed by atoms with Crippen molar-refractivity contribution in [2.75, 3.05) is 0 Å². The van der Waals surface area contributed by atoms with Gasteiger partial charge in [-0.2, -0.15) is 0 Å². The summed E-state index contributed by atoms with van der Waals surface area (Å²) in [5.41, 5.74) is 1.04. The molecule has 1 aliphatic rings. The van der Waals surface area contributed by atoms with Crippen LogP contribution in [0.4, 0.5) is 0 Å². The molecule has 0 N–H and O–H groups in total. The largest absolute Gasteiger partial charge is 0.300 e. The van der Waals surface area contributed by atoms with Crippen LogP contribution in [0.1, 0.15) is 39.5 Å². The SMILES string of the molecule is CC(C)=CC(=O)C1CCC(=O)CC1. The number of hydrogen-bond donors (Lipinski definition) is 0. The number of Topliss-reactive ketones (excluding diaryl/α,β-unsaturated/α-hetero) is 1. The number of ketones is 2. The molecule has 1 saturated carbocycles. The maximum Gasteiger partial charge on any atom is 0.158 e. The van der Waals surface area contributed by atoms with Gasteiger partial charge in [0.15, 0.2) is 5.78 Å². The first-order valence-electron chi connectivity index (χ1n) is 4.80. The monoisotopic (exact) mass is 180 g/mol. The first-order chi connectivity index (χ1) is 6.09. The molecular formula is C11H16O2. The predicted molar refractivity (Wildman–Crippen MR) is 51.4 cm³/mol. The Bertz CT molecular complexity index is 237. The third-order valence-electron chi connectivity index (χ3n) is 2.38. The maximum atomic E-state index is 11.5. The first kappa shape index (κ1) is 10.2. The van der Waals surface area contributed by atoms with Crippen LogP contribution in [0.2, 0.25) is 0 Å². The van der Waals surface area contributed by atoms with Crippen molar-refractivity contribution >= 4 is 11.6 Å². The van der Waals surface area contributed by atoms with Crippen LogP contribution in [0.25, 0.3) is 0 Å². The summed E-state index contributed by atoms with van der Waals surface area (Å²) in [6, 6.07) is 0. The molecule has 0 bridgehead atoms. The predicted octanol–water partition coefficient (Wildman–Crippen LogP) is 2.28. The van der Waals surface area contributed by atoms with Gasteiger partial charge in [-0.15, -0.1) is 0 Å². The van der Waals surface area contributed by atoms with Crippen LogP contribution in [-0.2, 0) is 9.59 Å². The quantitative estimate of drug-likeness (QED) is 0.611. The zero-order chi connectivity index (χ0) is 9.84. The van der Waals surface area contributed by atoms with Crippen LogP contribution in [-0.4, -0.2) is 11.6 Å². The standard InChI is InChI=1S/C11H16O2/c1-8(2)7-11(13)9-3-5-10(12)6-4-9/h7,9H,3-6H2,1-2H3. The summed E-state index contributed by atoms with van der Waals surface area (Å²) in [4.78, 5) is 22.5. The van der Waals surface area contributed by atoms with Gasteiger partial charge < -0.3 is 0 Å². The highest BCUT2D eigenvalue weighted by atomic mass is 16.1. The van der Waals surface area contributed by atoms with Gasteiger partial charge in [-0.1, -0.05) is 5.57 Å². The zero-order valence-electron chi connectivity index (χ0n) is 8.30. The van der Waals surface area contributed by atoms with Gasteiger partial charge in [0.05, 0.1) is 0 Å². The third-order valence-corrected chi connectivity index (χ3v) is 2.38. The van der Waals surface area contributed by atoms with Crippen molar-refractivity contribution in [3.05, 3.63) is 11.6 Å². The Morgan fingerprint density at radius 2 is 1.85 bits per heavy atom. The Hall–Kier alpha value is -0.920. The number of carbonyl (C=O) groups is 2. The average Bonchev–Trinajstić information content (AvgIpc) is 2.04. The molecule has 0 unspecified atom stereocenters. The molecule has 72 valence electrons. The van der Waals surface area contributed by atoms with Crippen LogP contribution < -0.4 is 0 Å². The summed E-state index contributed by atoms with van der Waals surface area (Å²) >= 11 is 0. The Morgan fingerprint density at radius 1 is 1.31 bits per heavy atom. The maximum absolute atomic E-state index is 11.5. The molecule has 1 rings (SSSR count). The molecule has 0 aromatic carbocycles. The van der Waals surface area contributed by atoms with E-state index in [1.54, 1.807) is 6.08 Å².